The Hall–Kier alpha value is -3.81. The lowest BCUT2D eigenvalue weighted by molar-refractivity contribution is 0.331. The van der Waals surface area contributed by atoms with Gasteiger partial charge in [0, 0.05) is 29.7 Å². The first-order chi connectivity index (χ1) is 17.7. The predicted molar refractivity (Wildman–Crippen MR) is 149 cm³/mol. The SMILES string of the molecule is C=C(/C=c1/c(-c2nc3c(-c4ccsc4)cccc3[nH]2)n[nH]/c1=C/C)c1cncc(CN2CCCC2)c1. The molecule has 0 aliphatic carbocycles. The van der Waals surface area contributed by atoms with Crippen LogP contribution in [-0.4, -0.2) is 43.1 Å². The molecular formula is C29H28N6S. The molecule has 1 aliphatic heterocycles. The van der Waals surface area contributed by atoms with Crippen LogP contribution < -0.4 is 10.6 Å². The summed E-state index contributed by atoms with van der Waals surface area (Å²) in [6, 6.07) is 10.6. The van der Waals surface area contributed by atoms with Crippen LogP contribution in [0.1, 0.15) is 30.9 Å². The second-order valence-electron chi connectivity index (χ2n) is 9.22. The van der Waals surface area contributed by atoms with Crippen molar-refractivity contribution in [2.45, 2.75) is 26.3 Å². The van der Waals surface area contributed by atoms with E-state index in [1.54, 1.807) is 11.3 Å². The number of likely N-dealkylation sites (tertiary alicyclic amines) is 1. The first-order valence-corrected chi connectivity index (χ1v) is 13.2. The van der Waals surface area contributed by atoms with Crippen LogP contribution in [0.2, 0.25) is 0 Å². The van der Waals surface area contributed by atoms with Crippen molar-refractivity contribution in [3.05, 3.63) is 81.8 Å². The third-order valence-corrected chi connectivity index (χ3v) is 7.46. The minimum absolute atomic E-state index is 0.733. The fourth-order valence-corrected chi connectivity index (χ4v) is 5.57. The van der Waals surface area contributed by atoms with Crippen LogP contribution in [0.5, 0.6) is 0 Å². The topological polar surface area (TPSA) is 73.5 Å². The molecule has 0 spiro atoms. The van der Waals surface area contributed by atoms with Crippen molar-refractivity contribution in [2.75, 3.05) is 13.1 Å². The van der Waals surface area contributed by atoms with Crippen molar-refractivity contribution in [1.82, 2.24) is 30.0 Å². The molecule has 0 radical (unpaired) electrons. The smallest absolute Gasteiger partial charge is 0.159 e. The number of aromatic nitrogens is 5. The van der Waals surface area contributed by atoms with Gasteiger partial charge in [-0.1, -0.05) is 24.8 Å². The minimum Gasteiger partial charge on any atom is -0.337 e. The Morgan fingerprint density at radius 3 is 2.89 bits per heavy atom. The van der Waals surface area contributed by atoms with E-state index in [0.717, 1.165) is 69.5 Å². The lowest BCUT2D eigenvalue weighted by Gasteiger charge is -2.14. The van der Waals surface area contributed by atoms with E-state index in [-0.39, 0.29) is 0 Å². The highest BCUT2D eigenvalue weighted by atomic mass is 32.1. The Labute approximate surface area is 213 Å². The molecule has 5 aromatic rings. The van der Waals surface area contributed by atoms with Gasteiger partial charge in [0.15, 0.2) is 5.82 Å². The number of hydrogen-bond acceptors (Lipinski definition) is 5. The number of hydrogen-bond donors (Lipinski definition) is 2. The van der Waals surface area contributed by atoms with E-state index in [2.05, 4.69) is 78.8 Å². The Morgan fingerprint density at radius 1 is 1.19 bits per heavy atom. The fraction of sp³-hybridized carbons (Fsp3) is 0.207. The van der Waals surface area contributed by atoms with Gasteiger partial charge in [-0.25, -0.2) is 4.98 Å². The number of rotatable bonds is 6. The summed E-state index contributed by atoms with van der Waals surface area (Å²) >= 11 is 1.69. The van der Waals surface area contributed by atoms with Gasteiger partial charge in [-0.15, -0.1) is 0 Å². The highest BCUT2D eigenvalue weighted by molar-refractivity contribution is 7.08. The molecule has 7 heteroatoms. The maximum atomic E-state index is 4.98. The molecule has 1 fully saturated rings. The third-order valence-electron chi connectivity index (χ3n) is 6.78. The normalized spacial score (nSPS) is 15.4. The zero-order valence-corrected chi connectivity index (χ0v) is 21.1. The van der Waals surface area contributed by atoms with Crippen molar-refractivity contribution in [3.8, 4) is 22.6 Å². The van der Waals surface area contributed by atoms with Gasteiger partial charge < -0.3 is 4.98 Å². The summed E-state index contributed by atoms with van der Waals surface area (Å²) in [5.74, 6) is 0.733. The predicted octanol–water partition coefficient (Wildman–Crippen LogP) is 4.97. The molecule has 1 aliphatic rings. The van der Waals surface area contributed by atoms with Crippen LogP contribution in [0.3, 0.4) is 0 Å². The monoisotopic (exact) mass is 492 g/mol. The lowest BCUT2D eigenvalue weighted by Crippen LogP contribution is -2.23. The molecule has 1 aromatic carbocycles. The van der Waals surface area contributed by atoms with Crippen LogP contribution in [0.4, 0.5) is 0 Å². The minimum atomic E-state index is 0.733. The molecular weight excluding hydrogens is 464 g/mol. The van der Waals surface area contributed by atoms with E-state index in [9.17, 15) is 0 Å². The number of pyridine rings is 1. The zero-order valence-electron chi connectivity index (χ0n) is 20.3. The van der Waals surface area contributed by atoms with Gasteiger partial charge in [0.25, 0.3) is 0 Å². The van der Waals surface area contributed by atoms with Crippen molar-refractivity contribution in [1.29, 1.82) is 0 Å². The van der Waals surface area contributed by atoms with Crippen molar-refractivity contribution in [2.24, 2.45) is 0 Å². The summed E-state index contributed by atoms with van der Waals surface area (Å²) in [4.78, 5) is 15.5. The van der Waals surface area contributed by atoms with Gasteiger partial charge in [0.1, 0.15) is 5.69 Å². The molecule has 4 aromatic heterocycles. The number of benzene rings is 1. The van der Waals surface area contributed by atoms with Crippen LogP contribution in [0, 0.1) is 0 Å². The highest BCUT2D eigenvalue weighted by Gasteiger charge is 2.15. The van der Waals surface area contributed by atoms with Gasteiger partial charge in [0.2, 0.25) is 0 Å². The average molecular weight is 493 g/mol. The molecule has 36 heavy (non-hydrogen) atoms. The summed E-state index contributed by atoms with van der Waals surface area (Å²) in [6.45, 7) is 9.64. The number of para-hydroxylation sites is 1. The number of aromatic amines is 2. The zero-order chi connectivity index (χ0) is 24.5. The average Bonchev–Trinajstić information content (AvgIpc) is 3.71. The molecule has 0 atom stereocenters. The van der Waals surface area contributed by atoms with Gasteiger partial charge in [0.05, 0.1) is 16.4 Å². The molecule has 6 nitrogen and oxygen atoms in total. The summed E-state index contributed by atoms with van der Waals surface area (Å²) in [5, 5.41) is 13.9. The standard InChI is InChI=1S/C29H28N6S/c1-3-25-24(13-19(2)22-14-20(15-30-16-22)17-35-10-4-5-11-35)28(34-33-25)29-31-26-8-6-7-23(27(26)32-29)21-9-12-36-18-21/h3,6-9,12-16,18,33H,2,4-5,10-11,17H2,1H3,(H,31,32)/b24-13+,25-3+. The van der Waals surface area contributed by atoms with Gasteiger partial charge in [-0.05, 0) is 90.2 Å². The molecule has 2 N–H and O–H groups in total. The van der Waals surface area contributed by atoms with E-state index in [0.29, 0.717) is 0 Å². The van der Waals surface area contributed by atoms with Crippen LogP contribution in [0.25, 0.3) is 51.4 Å². The van der Waals surface area contributed by atoms with Crippen LogP contribution in [-0.2, 0) is 6.54 Å². The molecule has 0 amide bonds. The van der Waals surface area contributed by atoms with Crippen molar-refractivity contribution in [3.63, 3.8) is 0 Å². The molecule has 6 rings (SSSR count). The Kier molecular flexibility index (Phi) is 6.09. The second-order valence-corrected chi connectivity index (χ2v) is 10.0. The highest BCUT2D eigenvalue weighted by Crippen LogP contribution is 2.30. The van der Waals surface area contributed by atoms with Crippen LogP contribution >= 0.6 is 11.3 Å². The maximum Gasteiger partial charge on any atom is 0.159 e. The number of fused-ring (bicyclic) bond motifs is 1. The lowest BCUT2D eigenvalue weighted by atomic mass is 10.1. The molecule has 0 unspecified atom stereocenters. The quantitative estimate of drug-likeness (QED) is 0.351. The summed E-state index contributed by atoms with van der Waals surface area (Å²) in [5.41, 5.74) is 8.13. The van der Waals surface area contributed by atoms with E-state index in [1.165, 1.54) is 24.0 Å². The first-order valence-electron chi connectivity index (χ1n) is 12.3. The summed E-state index contributed by atoms with van der Waals surface area (Å²) in [6.07, 6.45) is 10.5. The van der Waals surface area contributed by atoms with Gasteiger partial charge >= 0.3 is 0 Å². The van der Waals surface area contributed by atoms with E-state index >= 15 is 0 Å². The van der Waals surface area contributed by atoms with E-state index in [1.807, 2.05) is 25.4 Å². The molecule has 5 heterocycles. The number of nitrogens with one attached hydrogen (secondary N) is 2. The third kappa shape index (κ3) is 4.32. The Balaban J connectivity index is 1.39. The van der Waals surface area contributed by atoms with E-state index in [4.69, 9.17) is 4.98 Å². The van der Waals surface area contributed by atoms with Crippen molar-refractivity contribution < 1.29 is 0 Å². The summed E-state index contributed by atoms with van der Waals surface area (Å²) in [7, 11) is 0. The molecule has 0 bridgehead atoms. The van der Waals surface area contributed by atoms with Gasteiger partial charge in [-0.2, -0.15) is 16.4 Å². The fourth-order valence-electron chi connectivity index (χ4n) is 4.91. The number of H-pyrrole nitrogens is 2. The number of allylic oxidation sites excluding steroid dienone is 1. The molecule has 180 valence electrons. The number of thiophene rings is 1. The Bertz CT molecular complexity index is 1650. The first kappa shape index (κ1) is 22.6. The molecule has 0 saturated carbocycles. The van der Waals surface area contributed by atoms with Gasteiger partial charge in [-0.3, -0.25) is 15.0 Å². The Morgan fingerprint density at radius 2 is 2.08 bits per heavy atom. The number of nitrogens with zero attached hydrogens (tertiary/aromatic N) is 4. The van der Waals surface area contributed by atoms with E-state index < -0.39 is 0 Å². The number of imidazole rings is 1. The second kappa shape index (κ2) is 9.68. The molecule has 1 saturated heterocycles. The largest absolute Gasteiger partial charge is 0.337 e. The van der Waals surface area contributed by atoms with Crippen molar-refractivity contribution >= 4 is 40.1 Å². The maximum absolute atomic E-state index is 4.98. The summed E-state index contributed by atoms with van der Waals surface area (Å²) < 4.78 is 0. The van der Waals surface area contributed by atoms with Crippen LogP contribution in [0.15, 0.2) is 60.1 Å².